The fourth-order valence-corrected chi connectivity index (χ4v) is 3.63. The highest BCUT2D eigenvalue weighted by Crippen LogP contribution is 2.26. The molecule has 1 amide bonds. The molecule has 9 heteroatoms. The van der Waals surface area contributed by atoms with E-state index in [0.29, 0.717) is 23.9 Å². The van der Waals surface area contributed by atoms with Crippen LogP contribution in [0.15, 0.2) is 66.7 Å². The second-order valence-corrected chi connectivity index (χ2v) is 10.2. The second kappa shape index (κ2) is 14.2. The largest absolute Gasteiger partial charge is 0.497 e. The molecule has 0 aliphatic carbocycles. The molecule has 1 atom stereocenters. The van der Waals surface area contributed by atoms with Crippen LogP contribution in [-0.2, 0) is 21.1 Å². The summed E-state index contributed by atoms with van der Waals surface area (Å²) in [6, 6.07) is 19.4. The average Bonchev–Trinajstić information content (AvgIpc) is 2.96. The molecule has 2 N–H and O–H groups in total. The Hall–Kier alpha value is -4.50. The van der Waals surface area contributed by atoms with Crippen LogP contribution >= 0.6 is 0 Å². The third-order valence-corrected chi connectivity index (χ3v) is 6.16. The van der Waals surface area contributed by atoms with E-state index in [4.69, 9.17) is 24.0 Å². The topological polar surface area (TPSA) is 113 Å². The highest BCUT2D eigenvalue weighted by Gasteiger charge is 2.35. The summed E-state index contributed by atoms with van der Waals surface area (Å²) in [6.07, 6.45) is 3.98. The van der Waals surface area contributed by atoms with Crippen LogP contribution in [0.3, 0.4) is 0 Å². The molecule has 0 radical (unpaired) electrons. The monoisotopic (exact) mass is 563 g/mol. The number of hydrogen-bond donors (Lipinski definition) is 2. The molecular weight excluding hydrogens is 526 g/mol. The lowest BCUT2D eigenvalue weighted by molar-refractivity contribution is -0.272. The number of carboxylic acid groups (broad SMARTS) is 1. The molecule has 0 heterocycles. The number of carboxylic acids is 1. The molecule has 0 saturated heterocycles. The minimum Gasteiger partial charge on any atom is -0.497 e. The first kappa shape index (κ1) is 31.0. The van der Waals surface area contributed by atoms with Gasteiger partial charge in [-0.15, -0.1) is 0 Å². The first-order chi connectivity index (χ1) is 19.5. The van der Waals surface area contributed by atoms with E-state index in [0.717, 1.165) is 22.4 Å². The van der Waals surface area contributed by atoms with Gasteiger partial charge < -0.3 is 29.5 Å². The second-order valence-electron chi connectivity index (χ2n) is 10.2. The van der Waals surface area contributed by atoms with Crippen molar-refractivity contribution in [3.05, 3.63) is 83.4 Å². The summed E-state index contributed by atoms with van der Waals surface area (Å²) in [5.41, 5.74) is 1.42. The highest BCUT2D eigenvalue weighted by molar-refractivity contribution is 5.88. The standard InChI is InChI=1S/C32H37NO8/c1-21(2)29(30(34)35)33-31(36)32(3,4)41-40-26-15-11-23(12-16-26)20-39-28-18-24(17-27(19-28)38-6)8-7-22-9-13-25(37-5)14-10-22/h7-19,21,29H,20H2,1-6H3,(H,33,36)(H,34,35)/b8-7+/t29-/m0/s1. The summed E-state index contributed by atoms with van der Waals surface area (Å²) in [4.78, 5) is 34.7. The quantitative estimate of drug-likeness (QED) is 0.144. The van der Waals surface area contributed by atoms with E-state index in [1.54, 1.807) is 40.2 Å². The molecule has 3 rings (SSSR count). The van der Waals surface area contributed by atoms with Crippen LogP contribution in [0.25, 0.3) is 12.2 Å². The first-order valence-corrected chi connectivity index (χ1v) is 13.1. The minimum atomic E-state index is -1.42. The number of amides is 1. The number of hydrogen-bond acceptors (Lipinski definition) is 7. The zero-order valence-electron chi connectivity index (χ0n) is 24.2. The van der Waals surface area contributed by atoms with Crippen LogP contribution < -0.4 is 24.4 Å². The van der Waals surface area contributed by atoms with Crippen molar-refractivity contribution < 1.29 is 38.7 Å². The third-order valence-electron chi connectivity index (χ3n) is 6.16. The van der Waals surface area contributed by atoms with E-state index < -0.39 is 23.5 Å². The molecule has 0 spiro atoms. The molecule has 0 fully saturated rings. The third kappa shape index (κ3) is 9.29. The number of ether oxygens (including phenoxy) is 3. The van der Waals surface area contributed by atoms with Crippen molar-refractivity contribution in [2.45, 2.75) is 45.9 Å². The van der Waals surface area contributed by atoms with Gasteiger partial charge in [0.1, 0.15) is 29.9 Å². The van der Waals surface area contributed by atoms with Crippen molar-refractivity contribution in [3.8, 4) is 23.0 Å². The van der Waals surface area contributed by atoms with E-state index in [1.165, 1.54) is 13.8 Å². The van der Waals surface area contributed by atoms with Gasteiger partial charge in [-0.1, -0.05) is 50.3 Å². The van der Waals surface area contributed by atoms with Gasteiger partial charge >= 0.3 is 5.97 Å². The van der Waals surface area contributed by atoms with Gasteiger partial charge in [-0.05, 0) is 72.9 Å². The fourth-order valence-electron chi connectivity index (χ4n) is 3.63. The Labute approximate surface area is 240 Å². The summed E-state index contributed by atoms with van der Waals surface area (Å²) in [5.74, 6) is 0.500. The SMILES string of the molecule is COc1ccc(/C=C/c2cc(OC)cc(OCc3ccc(OOC(C)(C)C(=O)N[C@H](C(=O)O)C(C)C)cc3)c2)cc1. The smallest absolute Gasteiger partial charge is 0.326 e. The first-order valence-electron chi connectivity index (χ1n) is 13.1. The predicted octanol–water partition coefficient (Wildman–Crippen LogP) is 5.77. The Morgan fingerprint density at radius 1 is 0.829 bits per heavy atom. The molecule has 3 aromatic rings. The van der Waals surface area contributed by atoms with Gasteiger partial charge in [0.05, 0.1) is 14.2 Å². The van der Waals surface area contributed by atoms with Crippen LogP contribution in [0.4, 0.5) is 0 Å². The molecule has 0 bridgehead atoms. The van der Waals surface area contributed by atoms with Gasteiger partial charge in [0.25, 0.3) is 5.91 Å². The summed E-state index contributed by atoms with van der Waals surface area (Å²) >= 11 is 0. The van der Waals surface area contributed by atoms with Gasteiger partial charge in [0, 0.05) is 6.07 Å². The number of rotatable bonds is 14. The maximum absolute atomic E-state index is 12.6. The van der Waals surface area contributed by atoms with E-state index >= 15 is 0 Å². The van der Waals surface area contributed by atoms with Crippen molar-refractivity contribution in [2.24, 2.45) is 5.92 Å². The van der Waals surface area contributed by atoms with E-state index in [2.05, 4.69) is 5.32 Å². The molecular formula is C32H37NO8. The minimum absolute atomic E-state index is 0.290. The predicted molar refractivity (Wildman–Crippen MR) is 156 cm³/mol. The van der Waals surface area contributed by atoms with Crippen LogP contribution in [0.1, 0.15) is 44.4 Å². The highest BCUT2D eigenvalue weighted by atomic mass is 17.2. The molecule has 41 heavy (non-hydrogen) atoms. The van der Waals surface area contributed by atoms with Crippen molar-refractivity contribution in [3.63, 3.8) is 0 Å². The van der Waals surface area contributed by atoms with Crippen LogP contribution in [0.2, 0.25) is 0 Å². The lowest BCUT2D eigenvalue weighted by Crippen LogP contribution is -2.52. The molecule has 218 valence electrons. The molecule has 3 aromatic carbocycles. The number of aliphatic carboxylic acids is 1. The number of nitrogens with one attached hydrogen (secondary N) is 1. The molecule has 0 aromatic heterocycles. The normalized spacial score (nSPS) is 12.2. The molecule has 9 nitrogen and oxygen atoms in total. The van der Waals surface area contributed by atoms with Crippen LogP contribution in [-0.4, -0.2) is 42.8 Å². The maximum atomic E-state index is 12.6. The molecule has 0 aliphatic heterocycles. The number of benzene rings is 3. The van der Waals surface area contributed by atoms with Crippen molar-refractivity contribution in [1.82, 2.24) is 5.32 Å². The Bertz CT molecular complexity index is 1330. The Balaban J connectivity index is 1.57. The summed E-state index contributed by atoms with van der Waals surface area (Å²) in [6.45, 7) is 6.72. The lowest BCUT2D eigenvalue weighted by Gasteiger charge is -2.26. The maximum Gasteiger partial charge on any atom is 0.326 e. The number of carbonyl (C=O) groups excluding carboxylic acids is 1. The number of carbonyl (C=O) groups is 2. The van der Waals surface area contributed by atoms with Crippen molar-refractivity contribution >= 4 is 24.0 Å². The zero-order chi connectivity index (χ0) is 30.0. The van der Waals surface area contributed by atoms with Crippen LogP contribution in [0.5, 0.6) is 23.0 Å². The lowest BCUT2D eigenvalue weighted by atomic mass is 10.0. The van der Waals surface area contributed by atoms with E-state index in [9.17, 15) is 14.7 Å². The fraction of sp³-hybridized carbons (Fsp3) is 0.312. The van der Waals surface area contributed by atoms with Crippen molar-refractivity contribution in [2.75, 3.05) is 14.2 Å². The van der Waals surface area contributed by atoms with Gasteiger partial charge in [0.15, 0.2) is 11.4 Å². The van der Waals surface area contributed by atoms with E-state index in [-0.39, 0.29) is 5.92 Å². The number of methoxy groups -OCH3 is 2. The van der Waals surface area contributed by atoms with Gasteiger partial charge in [0.2, 0.25) is 0 Å². The van der Waals surface area contributed by atoms with Gasteiger partial charge in [-0.3, -0.25) is 4.79 Å². The molecule has 0 unspecified atom stereocenters. The van der Waals surface area contributed by atoms with Gasteiger partial charge in [-0.2, -0.15) is 4.89 Å². The zero-order valence-corrected chi connectivity index (χ0v) is 24.2. The Kier molecular flexibility index (Phi) is 10.8. The van der Waals surface area contributed by atoms with E-state index in [1.807, 2.05) is 66.7 Å². The summed E-state index contributed by atoms with van der Waals surface area (Å²) < 4.78 is 16.7. The Morgan fingerprint density at radius 3 is 2.00 bits per heavy atom. The Morgan fingerprint density at radius 2 is 1.41 bits per heavy atom. The summed E-state index contributed by atoms with van der Waals surface area (Å²) in [5, 5.41) is 11.8. The van der Waals surface area contributed by atoms with Crippen molar-refractivity contribution in [1.29, 1.82) is 0 Å². The average molecular weight is 564 g/mol. The molecule has 0 saturated carbocycles. The summed E-state index contributed by atoms with van der Waals surface area (Å²) in [7, 11) is 3.24. The van der Waals surface area contributed by atoms with Gasteiger partial charge in [-0.25, -0.2) is 4.79 Å². The van der Waals surface area contributed by atoms with Crippen LogP contribution in [0, 0.1) is 5.92 Å². The molecule has 0 aliphatic rings.